The zero-order valence-corrected chi connectivity index (χ0v) is 21.9. The molecular formula is C34H36N2O. The van der Waals surface area contributed by atoms with Gasteiger partial charge in [0.2, 0.25) is 0 Å². The van der Waals surface area contributed by atoms with Crippen molar-refractivity contribution in [1.82, 2.24) is 4.98 Å². The molecule has 1 aromatic heterocycles. The SMILES string of the molecule is CCOc1ccc2[nH]cc(CCCC3=NC=CC(C=Cc4ccc5c(c4)=CCC(CC)C=5)=CC=C3)c2c1. The van der Waals surface area contributed by atoms with Crippen LogP contribution in [0.1, 0.15) is 50.7 Å². The van der Waals surface area contributed by atoms with Crippen LogP contribution < -0.4 is 15.2 Å². The minimum Gasteiger partial charge on any atom is -0.494 e. The fraction of sp³-hybridized carbons (Fsp3) is 0.265. The largest absolute Gasteiger partial charge is 0.494 e. The molecule has 3 heteroatoms. The molecule has 2 aliphatic rings. The number of rotatable bonds is 9. The molecule has 2 aromatic carbocycles. The Bertz CT molecular complexity index is 1530. The molecule has 1 N–H and O–H groups in total. The van der Waals surface area contributed by atoms with E-state index in [0.717, 1.165) is 48.2 Å². The molecular weight excluding hydrogens is 452 g/mol. The number of fused-ring (bicyclic) bond motifs is 2. The number of aromatic nitrogens is 1. The highest BCUT2D eigenvalue weighted by molar-refractivity contribution is 5.95. The van der Waals surface area contributed by atoms with Crippen LogP contribution >= 0.6 is 0 Å². The Hall–Kier alpha value is -3.85. The fourth-order valence-electron chi connectivity index (χ4n) is 5.03. The predicted octanol–water partition coefficient (Wildman–Crippen LogP) is 7.04. The molecule has 0 saturated heterocycles. The molecule has 0 amide bonds. The van der Waals surface area contributed by atoms with Gasteiger partial charge in [0.1, 0.15) is 5.75 Å². The first-order valence-electron chi connectivity index (χ1n) is 13.6. The maximum Gasteiger partial charge on any atom is 0.120 e. The lowest BCUT2D eigenvalue weighted by molar-refractivity contribution is 0.340. The van der Waals surface area contributed by atoms with Crippen molar-refractivity contribution in [2.24, 2.45) is 10.9 Å². The molecule has 1 unspecified atom stereocenters. The number of aryl methyl sites for hydroxylation is 1. The van der Waals surface area contributed by atoms with Gasteiger partial charge in [-0.2, -0.15) is 0 Å². The normalized spacial score (nSPS) is 17.0. The zero-order chi connectivity index (χ0) is 25.5. The molecule has 1 aliphatic carbocycles. The zero-order valence-electron chi connectivity index (χ0n) is 21.9. The van der Waals surface area contributed by atoms with Crippen molar-refractivity contribution in [3.05, 3.63) is 106 Å². The van der Waals surface area contributed by atoms with Crippen molar-refractivity contribution in [3.63, 3.8) is 0 Å². The van der Waals surface area contributed by atoms with Gasteiger partial charge in [0.25, 0.3) is 0 Å². The van der Waals surface area contributed by atoms with Crippen molar-refractivity contribution in [3.8, 4) is 5.75 Å². The minimum absolute atomic E-state index is 0.679. The Morgan fingerprint density at radius 2 is 1.97 bits per heavy atom. The van der Waals surface area contributed by atoms with Crippen molar-refractivity contribution in [2.75, 3.05) is 6.61 Å². The Morgan fingerprint density at radius 3 is 2.86 bits per heavy atom. The van der Waals surface area contributed by atoms with E-state index in [9.17, 15) is 0 Å². The summed E-state index contributed by atoms with van der Waals surface area (Å²) in [6, 6.07) is 13.0. The number of benzene rings is 2. The molecule has 5 rings (SSSR count). The lowest BCUT2D eigenvalue weighted by Gasteiger charge is -2.11. The van der Waals surface area contributed by atoms with E-state index in [-0.39, 0.29) is 0 Å². The maximum absolute atomic E-state index is 5.68. The van der Waals surface area contributed by atoms with Crippen molar-refractivity contribution in [2.45, 2.75) is 46.0 Å². The summed E-state index contributed by atoms with van der Waals surface area (Å²) >= 11 is 0. The van der Waals surface area contributed by atoms with Crippen LogP contribution in [0.25, 0.3) is 29.1 Å². The molecule has 188 valence electrons. The summed E-state index contributed by atoms with van der Waals surface area (Å²) in [4.78, 5) is 8.10. The number of nitrogens with zero attached hydrogens (tertiary/aromatic N) is 1. The van der Waals surface area contributed by atoms with E-state index in [1.807, 2.05) is 19.2 Å². The number of aliphatic imine (C=N–C) groups is 1. The highest BCUT2D eigenvalue weighted by Crippen LogP contribution is 2.25. The number of aromatic amines is 1. The predicted molar refractivity (Wildman–Crippen MR) is 158 cm³/mol. The van der Waals surface area contributed by atoms with Crippen LogP contribution in [0.4, 0.5) is 0 Å². The first-order chi connectivity index (χ1) is 18.2. The molecule has 37 heavy (non-hydrogen) atoms. The fourth-order valence-corrected chi connectivity index (χ4v) is 5.03. The van der Waals surface area contributed by atoms with E-state index in [1.54, 1.807) is 0 Å². The van der Waals surface area contributed by atoms with Gasteiger partial charge in [0.15, 0.2) is 0 Å². The standard InChI is InChI=1S/C34H36N2O/c1-3-25-13-15-29-22-27(14-16-28(29)21-25)12-11-26-7-5-9-31(35-20-19-26)10-6-8-30-24-36-34-18-17-32(37-4-2)23-33(30)34/h5,7,9,11-12,14-25,36H,3-4,6,8,10,13H2,1-2H3. The summed E-state index contributed by atoms with van der Waals surface area (Å²) in [5.41, 5.74) is 5.97. The van der Waals surface area contributed by atoms with Gasteiger partial charge in [0.05, 0.1) is 6.61 Å². The first-order valence-corrected chi connectivity index (χ1v) is 13.6. The molecule has 3 nitrogen and oxygen atoms in total. The van der Waals surface area contributed by atoms with Crippen LogP contribution in [0.15, 0.2) is 89.7 Å². The summed E-state index contributed by atoms with van der Waals surface area (Å²) < 4.78 is 5.68. The molecule has 0 radical (unpaired) electrons. The summed E-state index contributed by atoms with van der Waals surface area (Å²) in [7, 11) is 0. The summed E-state index contributed by atoms with van der Waals surface area (Å²) in [6.07, 6.45) is 27.0. The van der Waals surface area contributed by atoms with E-state index < -0.39 is 0 Å². The van der Waals surface area contributed by atoms with Gasteiger partial charge in [-0.05, 0) is 109 Å². The van der Waals surface area contributed by atoms with Gasteiger partial charge in [-0.15, -0.1) is 0 Å². The molecule has 0 bridgehead atoms. The number of H-pyrrole nitrogens is 1. The van der Waals surface area contributed by atoms with Crippen LogP contribution in [0.5, 0.6) is 5.75 Å². The summed E-state index contributed by atoms with van der Waals surface area (Å²) in [5.74, 6) is 1.61. The quantitative estimate of drug-likeness (QED) is 0.344. The molecule has 0 spiro atoms. The first kappa shape index (κ1) is 24.8. The molecule has 1 aliphatic heterocycles. The highest BCUT2D eigenvalue weighted by atomic mass is 16.5. The Morgan fingerprint density at radius 1 is 1.03 bits per heavy atom. The van der Waals surface area contributed by atoms with Gasteiger partial charge in [-0.3, -0.25) is 4.99 Å². The van der Waals surface area contributed by atoms with Gasteiger partial charge < -0.3 is 9.72 Å². The van der Waals surface area contributed by atoms with Crippen LogP contribution in [0, 0.1) is 5.92 Å². The minimum atomic E-state index is 0.679. The van der Waals surface area contributed by atoms with Crippen LogP contribution in [-0.2, 0) is 6.42 Å². The average molecular weight is 489 g/mol. The number of ether oxygens (including phenoxy) is 1. The average Bonchev–Trinajstić information content (AvgIpc) is 3.31. The molecule has 1 atom stereocenters. The topological polar surface area (TPSA) is 37.4 Å². The van der Waals surface area contributed by atoms with Crippen molar-refractivity contribution in [1.29, 1.82) is 0 Å². The Kier molecular flexibility index (Phi) is 8.00. The van der Waals surface area contributed by atoms with Crippen LogP contribution in [0.3, 0.4) is 0 Å². The summed E-state index contributed by atoms with van der Waals surface area (Å²) in [6.45, 7) is 4.96. The van der Waals surface area contributed by atoms with Crippen molar-refractivity contribution >= 4 is 34.8 Å². The lowest BCUT2D eigenvalue weighted by atomic mass is 9.94. The Balaban J connectivity index is 1.17. The maximum atomic E-state index is 5.68. The van der Waals surface area contributed by atoms with Gasteiger partial charge in [-0.1, -0.05) is 55.5 Å². The third-order valence-electron chi connectivity index (χ3n) is 7.17. The number of nitrogens with one attached hydrogen (secondary N) is 1. The van der Waals surface area contributed by atoms with Crippen molar-refractivity contribution < 1.29 is 4.74 Å². The smallest absolute Gasteiger partial charge is 0.120 e. The van der Waals surface area contributed by atoms with E-state index in [4.69, 9.17) is 9.73 Å². The second kappa shape index (κ2) is 11.9. The van der Waals surface area contributed by atoms with Crippen LogP contribution in [0.2, 0.25) is 0 Å². The van der Waals surface area contributed by atoms with Gasteiger partial charge in [0, 0.05) is 29.0 Å². The third-order valence-corrected chi connectivity index (χ3v) is 7.17. The van der Waals surface area contributed by atoms with E-state index in [1.165, 1.54) is 33.4 Å². The number of hydrogen-bond donors (Lipinski definition) is 1. The third kappa shape index (κ3) is 6.29. The summed E-state index contributed by atoms with van der Waals surface area (Å²) in [5, 5.41) is 3.97. The van der Waals surface area contributed by atoms with E-state index >= 15 is 0 Å². The molecule has 0 fully saturated rings. The lowest BCUT2D eigenvalue weighted by Crippen LogP contribution is -2.28. The number of allylic oxidation sites excluding steroid dienone is 6. The highest BCUT2D eigenvalue weighted by Gasteiger charge is 2.07. The monoisotopic (exact) mass is 488 g/mol. The van der Waals surface area contributed by atoms with Gasteiger partial charge in [-0.25, -0.2) is 0 Å². The second-order valence-electron chi connectivity index (χ2n) is 9.77. The second-order valence-corrected chi connectivity index (χ2v) is 9.77. The van der Waals surface area contributed by atoms with E-state index in [2.05, 4.69) is 97.0 Å². The Labute approximate surface area is 220 Å². The number of hydrogen-bond acceptors (Lipinski definition) is 2. The van der Waals surface area contributed by atoms with Crippen LogP contribution in [-0.4, -0.2) is 17.3 Å². The van der Waals surface area contributed by atoms with Gasteiger partial charge >= 0.3 is 0 Å². The molecule has 2 heterocycles. The van der Waals surface area contributed by atoms with E-state index in [0.29, 0.717) is 12.5 Å². The molecule has 3 aromatic rings. The molecule has 0 saturated carbocycles.